The summed E-state index contributed by atoms with van der Waals surface area (Å²) in [4.78, 5) is 0.777. The Balaban J connectivity index is 1.72. The van der Waals surface area contributed by atoms with Crippen LogP contribution in [-0.4, -0.2) is 29.6 Å². The summed E-state index contributed by atoms with van der Waals surface area (Å²) in [5.74, 6) is 0.825. The van der Waals surface area contributed by atoms with Crippen molar-refractivity contribution >= 4 is 32.2 Å². The summed E-state index contributed by atoms with van der Waals surface area (Å²) in [5, 5.41) is 18.4. The number of halogens is 1. The molecule has 0 unspecified atom stereocenters. The smallest absolute Gasteiger partial charge is 0.209 e. The van der Waals surface area contributed by atoms with Gasteiger partial charge >= 0.3 is 0 Å². The molecule has 0 spiro atoms. The molecule has 3 heterocycles. The molecular weight excluding hydrogens is 376 g/mol. The Morgan fingerprint density at radius 3 is 2.57 bits per heavy atom. The highest BCUT2D eigenvalue weighted by atomic mass is 79.9. The van der Waals surface area contributed by atoms with Crippen LogP contribution in [0.3, 0.4) is 0 Å². The van der Waals surface area contributed by atoms with Gasteiger partial charge in [-0.3, -0.25) is 0 Å². The van der Waals surface area contributed by atoms with Crippen LogP contribution in [0.2, 0.25) is 0 Å². The topological polar surface area (TPSA) is 60.9 Å². The van der Waals surface area contributed by atoms with Gasteiger partial charge in [-0.25, -0.2) is 4.68 Å². The van der Waals surface area contributed by atoms with E-state index in [1.54, 1.807) is 4.52 Å². The Morgan fingerprint density at radius 2 is 1.87 bits per heavy atom. The third-order valence-corrected chi connectivity index (χ3v) is 4.91. The van der Waals surface area contributed by atoms with Crippen molar-refractivity contribution in [1.82, 2.24) is 29.6 Å². The summed E-state index contributed by atoms with van der Waals surface area (Å²) in [5.41, 5.74) is 3.20. The van der Waals surface area contributed by atoms with E-state index in [9.17, 15) is 0 Å². The van der Waals surface area contributed by atoms with Gasteiger partial charge in [0.15, 0.2) is 5.82 Å². The van der Waals surface area contributed by atoms with Gasteiger partial charge in [0.1, 0.15) is 0 Å². The van der Waals surface area contributed by atoms with Crippen molar-refractivity contribution in [3.8, 4) is 5.13 Å². The molecular formula is C15H13BrN6S. The molecule has 1 aromatic carbocycles. The third kappa shape index (κ3) is 2.68. The number of aryl methyl sites for hydroxylation is 2. The predicted octanol–water partition coefficient (Wildman–Crippen LogP) is 3.34. The van der Waals surface area contributed by atoms with Crippen molar-refractivity contribution in [3.05, 3.63) is 57.6 Å². The molecule has 0 atom stereocenters. The fourth-order valence-electron chi connectivity index (χ4n) is 2.45. The van der Waals surface area contributed by atoms with E-state index < -0.39 is 0 Å². The van der Waals surface area contributed by atoms with Gasteiger partial charge < -0.3 is 0 Å². The van der Waals surface area contributed by atoms with E-state index in [4.69, 9.17) is 0 Å². The maximum absolute atomic E-state index is 4.63. The minimum atomic E-state index is 0.689. The number of rotatable bonds is 3. The van der Waals surface area contributed by atoms with Crippen LogP contribution in [0.5, 0.6) is 0 Å². The molecule has 8 heteroatoms. The van der Waals surface area contributed by atoms with Crippen molar-refractivity contribution in [2.75, 3.05) is 0 Å². The molecule has 23 heavy (non-hydrogen) atoms. The second-order valence-corrected chi connectivity index (χ2v) is 7.19. The second-order valence-electron chi connectivity index (χ2n) is 5.34. The molecule has 0 aliphatic rings. The number of hydrogen-bond acceptors (Lipinski definition) is 5. The number of hydrogen-bond donors (Lipinski definition) is 0. The van der Waals surface area contributed by atoms with Gasteiger partial charge in [0.05, 0.1) is 5.69 Å². The van der Waals surface area contributed by atoms with Crippen molar-refractivity contribution in [2.24, 2.45) is 0 Å². The summed E-state index contributed by atoms with van der Waals surface area (Å²) in [6, 6.07) is 10.2. The highest BCUT2D eigenvalue weighted by Gasteiger charge is 2.15. The zero-order valence-electron chi connectivity index (χ0n) is 12.6. The quantitative estimate of drug-likeness (QED) is 0.539. The Kier molecular flexibility index (Phi) is 3.50. The maximum atomic E-state index is 4.63. The molecule has 116 valence electrons. The molecule has 0 saturated heterocycles. The van der Waals surface area contributed by atoms with E-state index in [0.29, 0.717) is 6.42 Å². The van der Waals surface area contributed by atoms with Crippen LogP contribution in [0.1, 0.15) is 22.8 Å². The van der Waals surface area contributed by atoms with E-state index >= 15 is 0 Å². The van der Waals surface area contributed by atoms with Crippen LogP contribution in [0.15, 0.2) is 34.8 Å². The van der Waals surface area contributed by atoms with Gasteiger partial charge in [-0.05, 0) is 37.6 Å². The number of nitrogens with zero attached hydrogens (tertiary/aromatic N) is 6. The summed E-state index contributed by atoms with van der Waals surface area (Å²) in [6.45, 7) is 3.99. The predicted molar refractivity (Wildman–Crippen MR) is 92.2 cm³/mol. The molecule has 0 amide bonds. The molecule has 0 radical (unpaired) electrons. The van der Waals surface area contributed by atoms with Gasteiger partial charge in [0.25, 0.3) is 0 Å². The lowest BCUT2D eigenvalue weighted by Gasteiger charge is -1.99. The van der Waals surface area contributed by atoms with Crippen LogP contribution in [0, 0.1) is 13.8 Å². The third-order valence-electron chi connectivity index (χ3n) is 3.51. The average Bonchev–Trinajstić information content (AvgIpc) is 3.17. The first kappa shape index (κ1) is 14.5. The minimum Gasteiger partial charge on any atom is -0.209 e. The highest BCUT2D eigenvalue weighted by molar-refractivity contribution is 9.10. The summed E-state index contributed by atoms with van der Waals surface area (Å²) in [7, 11) is 0. The first-order valence-corrected chi connectivity index (χ1v) is 8.70. The Hall–Kier alpha value is -2.06. The lowest BCUT2D eigenvalue weighted by atomic mass is 10.1. The normalized spacial score (nSPS) is 11.4. The van der Waals surface area contributed by atoms with Gasteiger partial charge in [-0.15, -0.1) is 15.3 Å². The molecule has 3 aromatic heterocycles. The SMILES string of the molecule is Cc1cc(C)n(-c2nn3c(Cc4ccc(Br)cc4)nnc3s2)n1. The molecule has 0 aliphatic heterocycles. The molecule has 0 bridgehead atoms. The van der Waals surface area contributed by atoms with E-state index in [-0.39, 0.29) is 0 Å². The van der Waals surface area contributed by atoms with Crippen molar-refractivity contribution < 1.29 is 0 Å². The summed E-state index contributed by atoms with van der Waals surface area (Å²) < 4.78 is 4.71. The standard InChI is InChI=1S/C15H13BrN6S/c1-9-7-10(2)21(19-9)15-20-22-13(17-18-14(22)23-15)8-11-3-5-12(16)6-4-11/h3-7H,8H2,1-2H3. The Bertz CT molecular complexity index is 981. The first-order chi connectivity index (χ1) is 11.1. The minimum absolute atomic E-state index is 0.689. The van der Waals surface area contributed by atoms with Crippen molar-refractivity contribution in [1.29, 1.82) is 0 Å². The molecule has 0 fully saturated rings. The fraction of sp³-hybridized carbons (Fsp3) is 0.200. The van der Waals surface area contributed by atoms with Crippen LogP contribution < -0.4 is 0 Å². The van der Waals surface area contributed by atoms with E-state index in [1.165, 1.54) is 16.9 Å². The molecule has 4 rings (SSSR count). The maximum Gasteiger partial charge on any atom is 0.236 e. The van der Waals surface area contributed by atoms with Gasteiger partial charge in [-0.1, -0.05) is 39.4 Å². The zero-order chi connectivity index (χ0) is 16.0. The molecule has 0 N–H and O–H groups in total. The van der Waals surface area contributed by atoms with E-state index in [1.807, 2.05) is 36.7 Å². The van der Waals surface area contributed by atoms with E-state index in [0.717, 1.165) is 31.8 Å². The Morgan fingerprint density at radius 1 is 1.09 bits per heavy atom. The fourth-order valence-corrected chi connectivity index (χ4v) is 3.59. The summed E-state index contributed by atoms with van der Waals surface area (Å²) >= 11 is 4.93. The van der Waals surface area contributed by atoms with Crippen LogP contribution >= 0.6 is 27.3 Å². The average molecular weight is 389 g/mol. The highest BCUT2D eigenvalue weighted by Crippen LogP contribution is 2.21. The Labute approximate surface area is 144 Å². The van der Waals surface area contributed by atoms with Crippen LogP contribution in [-0.2, 0) is 6.42 Å². The second kappa shape index (κ2) is 5.54. The molecule has 0 saturated carbocycles. The molecule has 0 aliphatic carbocycles. The summed E-state index contributed by atoms with van der Waals surface area (Å²) in [6.07, 6.45) is 0.689. The lowest BCUT2D eigenvalue weighted by molar-refractivity contribution is 0.773. The van der Waals surface area contributed by atoms with Gasteiger partial charge in [0, 0.05) is 16.6 Å². The van der Waals surface area contributed by atoms with Gasteiger partial charge in [0.2, 0.25) is 10.1 Å². The first-order valence-electron chi connectivity index (χ1n) is 7.09. The van der Waals surface area contributed by atoms with Gasteiger partial charge in [-0.2, -0.15) is 9.61 Å². The van der Waals surface area contributed by atoms with Crippen LogP contribution in [0.25, 0.3) is 10.1 Å². The molecule has 6 nitrogen and oxygen atoms in total. The lowest BCUT2D eigenvalue weighted by Crippen LogP contribution is -2.02. The number of aromatic nitrogens is 6. The number of fused-ring (bicyclic) bond motifs is 1. The van der Waals surface area contributed by atoms with Crippen molar-refractivity contribution in [3.63, 3.8) is 0 Å². The molecule has 4 aromatic rings. The van der Waals surface area contributed by atoms with E-state index in [2.05, 4.69) is 48.5 Å². The number of benzene rings is 1. The van der Waals surface area contributed by atoms with Crippen LogP contribution in [0.4, 0.5) is 0 Å². The van der Waals surface area contributed by atoms with Crippen molar-refractivity contribution in [2.45, 2.75) is 20.3 Å². The monoisotopic (exact) mass is 388 g/mol. The zero-order valence-corrected chi connectivity index (χ0v) is 15.0. The largest absolute Gasteiger partial charge is 0.236 e.